The molecule has 0 unspecified atom stereocenters. The van der Waals surface area contributed by atoms with Gasteiger partial charge in [0.2, 0.25) is 11.8 Å². The molecule has 0 saturated heterocycles. The molecule has 1 aliphatic heterocycles. The fraction of sp³-hybridized carbons (Fsp3) is 0.250. The molecule has 0 bridgehead atoms. The van der Waals surface area contributed by atoms with Gasteiger partial charge in [-0.25, -0.2) is 9.98 Å². The van der Waals surface area contributed by atoms with Crippen molar-refractivity contribution < 1.29 is 9.13 Å². The Labute approximate surface area is 68.9 Å². The fourth-order valence-electron chi connectivity index (χ4n) is 1.01. The van der Waals surface area contributed by atoms with Crippen LogP contribution in [0.1, 0.15) is 5.56 Å². The van der Waals surface area contributed by atoms with Crippen molar-refractivity contribution in [1.29, 1.82) is 0 Å². The molecule has 3 nitrogen and oxygen atoms in total. The normalized spacial score (nSPS) is 15.6. The number of aromatic nitrogens is 1. The number of pyridine rings is 1. The van der Waals surface area contributed by atoms with Gasteiger partial charge in [0.1, 0.15) is 6.61 Å². The second kappa shape index (κ2) is 2.89. The molecule has 0 spiro atoms. The van der Waals surface area contributed by atoms with Gasteiger partial charge in [0.05, 0.1) is 12.1 Å². The van der Waals surface area contributed by atoms with Crippen molar-refractivity contribution >= 4 is 5.90 Å². The minimum Gasteiger partial charge on any atom is -0.475 e. The van der Waals surface area contributed by atoms with Crippen LogP contribution in [0.4, 0.5) is 4.39 Å². The third kappa shape index (κ3) is 1.28. The lowest BCUT2D eigenvalue weighted by Gasteiger charge is -1.99. The number of rotatable bonds is 1. The highest BCUT2D eigenvalue weighted by atomic mass is 19.1. The molecule has 1 aromatic rings. The smallest absolute Gasteiger partial charge is 0.217 e. The summed E-state index contributed by atoms with van der Waals surface area (Å²) in [5, 5.41) is 0. The summed E-state index contributed by atoms with van der Waals surface area (Å²) in [5.41, 5.74) is 0.730. The average Bonchev–Trinajstić information content (AvgIpc) is 2.58. The second-order valence-corrected chi connectivity index (χ2v) is 2.40. The topological polar surface area (TPSA) is 34.5 Å². The van der Waals surface area contributed by atoms with Crippen LogP contribution in [0.15, 0.2) is 23.3 Å². The molecule has 0 atom stereocenters. The summed E-state index contributed by atoms with van der Waals surface area (Å²) in [6, 6.07) is 2.89. The van der Waals surface area contributed by atoms with Crippen LogP contribution in [0.25, 0.3) is 0 Å². The first kappa shape index (κ1) is 7.21. The predicted octanol–water partition coefficient (Wildman–Crippen LogP) is 0.998. The summed E-state index contributed by atoms with van der Waals surface area (Å²) in [6.45, 7) is 1.28. The maximum Gasteiger partial charge on any atom is 0.217 e. The van der Waals surface area contributed by atoms with Crippen molar-refractivity contribution in [2.45, 2.75) is 0 Å². The summed E-state index contributed by atoms with van der Waals surface area (Å²) in [5.74, 6) is 0.0693. The second-order valence-electron chi connectivity index (χ2n) is 2.40. The SMILES string of the molecule is Fc1ccc(C2=NCCO2)cn1. The average molecular weight is 166 g/mol. The Balaban J connectivity index is 2.28. The molecule has 0 radical (unpaired) electrons. The van der Waals surface area contributed by atoms with Crippen molar-refractivity contribution in [3.63, 3.8) is 0 Å². The molecule has 62 valence electrons. The monoisotopic (exact) mass is 166 g/mol. The van der Waals surface area contributed by atoms with Crippen LogP contribution in [0.3, 0.4) is 0 Å². The summed E-state index contributed by atoms with van der Waals surface area (Å²) < 4.78 is 17.5. The lowest BCUT2D eigenvalue weighted by atomic mass is 10.3. The third-order valence-corrected chi connectivity index (χ3v) is 1.56. The van der Waals surface area contributed by atoms with Gasteiger partial charge in [0.25, 0.3) is 0 Å². The first-order chi connectivity index (χ1) is 5.86. The van der Waals surface area contributed by atoms with Crippen molar-refractivity contribution in [3.8, 4) is 0 Å². The molecule has 0 fully saturated rings. The van der Waals surface area contributed by atoms with Gasteiger partial charge in [-0.3, -0.25) is 0 Å². The van der Waals surface area contributed by atoms with Crippen LogP contribution in [0, 0.1) is 5.95 Å². The highest BCUT2D eigenvalue weighted by molar-refractivity contribution is 5.94. The van der Waals surface area contributed by atoms with E-state index in [-0.39, 0.29) is 0 Å². The fourth-order valence-corrected chi connectivity index (χ4v) is 1.01. The lowest BCUT2D eigenvalue weighted by molar-refractivity contribution is 0.348. The van der Waals surface area contributed by atoms with Gasteiger partial charge in [-0.15, -0.1) is 0 Å². The number of hydrogen-bond donors (Lipinski definition) is 0. The van der Waals surface area contributed by atoms with Gasteiger partial charge in [0, 0.05) is 6.20 Å². The summed E-state index contributed by atoms with van der Waals surface area (Å²) in [6.07, 6.45) is 1.42. The van der Waals surface area contributed by atoms with E-state index in [4.69, 9.17) is 4.74 Å². The van der Waals surface area contributed by atoms with E-state index in [2.05, 4.69) is 9.98 Å². The highest BCUT2D eigenvalue weighted by Crippen LogP contribution is 2.06. The van der Waals surface area contributed by atoms with E-state index in [0.717, 1.165) is 5.56 Å². The first-order valence-electron chi connectivity index (χ1n) is 3.65. The molecule has 0 N–H and O–H groups in total. The number of ether oxygens (including phenoxy) is 1. The molecule has 1 aromatic heterocycles. The van der Waals surface area contributed by atoms with Gasteiger partial charge in [-0.2, -0.15) is 4.39 Å². The van der Waals surface area contributed by atoms with Crippen LogP contribution in [0.5, 0.6) is 0 Å². The molecule has 12 heavy (non-hydrogen) atoms. The van der Waals surface area contributed by atoms with Crippen LogP contribution >= 0.6 is 0 Å². The Kier molecular flexibility index (Phi) is 1.74. The Hall–Kier alpha value is -1.45. The third-order valence-electron chi connectivity index (χ3n) is 1.56. The number of aliphatic imine (C=N–C) groups is 1. The van der Waals surface area contributed by atoms with Crippen LogP contribution in [0.2, 0.25) is 0 Å². The van der Waals surface area contributed by atoms with Gasteiger partial charge in [-0.05, 0) is 12.1 Å². The molecule has 2 rings (SSSR count). The highest BCUT2D eigenvalue weighted by Gasteiger charge is 2.09. The van der Waals surface area contributed by atoms with E-state index in [0.29, 0.717) is 19.0 Å². The Morgan fingerprint density at radius 1 is 1.42 bits per heavy atom. The maximum atomic E-state index is 12.4. The first-order valence-corrected chi connectivity index (χ1v) is 3.65. The number of hydrogen-bond acceptors (Lipinski definition) is 3. The molecule has 0 amide bonds. The predicted molar refractivity (Wildman–Crippen MR) is 41.6 cm³/mol. The Morgan fingerprint density at radius 3 is 2.92 bits per heavy atom. The molecular weight excluding hydrogens is 159 g/mol. The largest absolute Gasteiger partial charge is 0.475 e. The maximum absolute atomic E-state index is 12.4. The minimum atomic E-state index is -0.489. The Morgan fingerprint density at radius 2 is 2.33 bits per heavy atom. The zero-order chi connectivity index (χ0) is 8.39. The van der Waals surface area contributed by atoms with Crippen LogP contribution < -0.4 is 0 Å². The zero-order valence-electron chi connectivity index (χ0n) is 6.33. The Bertz CT molecular complexity index is 307. The van der Waals surface area contributed by atoms with Gasteiger partial charge < -0.3 is 4.74 Å². The zero-order valence-corrected chi connectivity index (χ0v) is 6.33. The van der Waals surface area contributed by atoms with E-state index in [9.17, 15) is 4.39 Å². The number of nitrogens with zero attached hydrogens (tertiary/aromatic N) is 2. The van der Waals surface area contributed by atoms with Crippen LogP contribution in [-0.4, -0.2) is 24.0 Å². The quantitative estimate of drug-likeness (QED) is 0.583. The van der Waals surface area contributed by atoms with E-state index >= 15 is 0 Å². The molecule has 0 aromatic carbocycles. The van der Waals surface area contributed by atoms with E-state index in [1.54, 1.807) is 6.07 Å². The summed E-state index contributed by atoms with van der Waals surface area (Å²) >= 11 is 0. The van der Waals surface area contributed by atoms with Crippen molar-refractivity contribution in [2.24, 2.45) is 4.99 Å². The minimum absolute atomic E-state index is 0.489. The summed E-state index contributed by atoms with van der Waals surface area (Å²) in [4.78, 5) is 7.56. The van der Waals surface area contributed by atoms with Crippen molar-refractivity contribution in [1.82, 2.24) is 4.98 Å². The van der Waals surface area contributed by atoms with E-state index < -0.39 is 5.95 Å². The standard InChI is InChI=1S/C8H7FN2O/c9-7-2-1-6(5-11-7)8-10-3-4-12-8/h1-2,5H,3-4H2. The summed E-state index contributed by atoms with van der Waals surface area (Å²) in [7, 11) is 0. The van der Waals surface area contributed by atoms with Crippen molar-refractivity contribution in [2.75, 3.05) is 13.2 Å². The molecule has 0 saturated carbocycles. The van der Waals surface area contributed by atoms with Crippen LogP contribution in [-0.2, 0) is 4.74 Å². The van der Waals surface area contributed by atoms with Gasteiger partial charge >= 0.3 is 0 Å². The molecule has 2 heterocycles. The molecular formula is C8H7FN2O. The van der Waals surface area contributed by atoms with Gasteiger partial charge in [-0.1, -0.05) is 0 Å². The molecule has 1 aliphatic rings. The van der Waals surface area contributed by atoms with E-state index in [1.807, 2.05) is 0 Å². The van der Waals surface area contributed by atoms with Crippen molar-refractivity contribution in [3.05, 3.63) is 29.8 Å². The molecule has 0 aliphatic carbocycles. The molecule has 4 heteroatoms. The lowest BCUT2D eigenvalue weighted by Crippen LogP contribution is -2.01. The van der Waals surface area contributed by atoms with Gasteiger partial charge in [0.15, 0.2) is 0 Å². The van der Waals surface area contributed by atoms with E-state index in [1.165, 1.54) is 12.3 Å². The number of halogens is 1.